The van der Waals surface area contributed by atoms with Crippen LogP contribution in [0, 0.1) is 6.92 Å². The van der Waals surface area contributed by atoms with E-state index in [-0.39, 0.29) is 18.2 Å². The fraction of sp³-hybridized carbons (Fsp3) is 0.438. The molecule has 0 aliphatic heterocycles. The van der Waals surface area contributed by atoms with E-state index < -0.39 is 0 Å². The van der Waals surface area contributed by atoms with E-state index in [1.165, 1.54) is 5.56 Å². The number of rotatable bonds is 6. The molecule has 0 saturated heterocycles. The molecule has 0 bridgehead atoms. The average molecular weight is 282 g/mol. The Morgan fingerprint density at radius 3 is 1.95 bits per heavy atom. The van der Waals surface area contributed by atoms with Gasteiger partial charge in [0, 0.05) is 11.6 Å². The van der Waals surface area contributed by atoms with Crippen molar-refractivity contribution < 1.29 is 21.7 Å². The molecule has 0 N–H and O–H groups in total. The van der Waals surface area contributed by atoms with Crippen LogP contribution in [0.25, 0.3) is 0 Å². The van der Waals surface area contributed by atoms with Gasteiger partial charge in [0.15, 0.2) is 5.78 Å². The van der Waals surface area contributed by atoms with Crippen molar-refractivity contribution in [3.63, 3.8) is 0 Å². The van der Waals surface area contributed by atoms with Crippen molar-refractivity contribution >= 4 is 5.78 Å². The Kier molecular flexibility index (Phi) is 7.65. The molecule has 0 amide bonds. The van der Waals surface area contributed by atoms with Gasteiger partial charge in [0.25, 0.3) is 0 Å². The van der Waals surface area contributed by atoms with Gasteiger partial charge in [0.1, 0.15) is 0 Å². The summed E-state index contributed by atoms with van der Waals surface area (Å²) in [4.78, 5) is 12.1. The number of ketones is 1. The summed E-state index contributed by atoms with van der Waals surface area (Å²) >= 11 is 0. The highest BCUT2D eigenvalue weighted by Gasteiger charge is 2.17. The van der Waals surface area contributed by atoms with E-state index in [2.05, 4.69) is 20.8 Å². The largest absolute Gasteiger partial charge is 1.00 e. The third-order valence-corrected chi connectivity index (χ3v) is 3.77. The SMILES string of the molecule is CC[N+](C=CC(=O)c1ccc(C)cc1)(CC)CC.[Cl-]. The molecule has 0 atom stereocenters. The quantitative estimate of drug-likeness (QED) is 0.423. The summed E-state index contributed by atoms with van der Waals surface area (Å²) in [5.41, 5.74) is 1.94. The molecular formula is C16H24ClNO. The first kappa shape index (κ1) is 17.9. The molecule has 0 heterocycles. The lowest BCUT2D eigenvalue weighted by Gasteiger charge is -2.31. The minimum atomic E-state index is 0. The summed E-state index contributed by atoms with van der Waals surface area (Å²) in [5.74, 6) is 0.0906. The predicted octanol–water partition coefficient (Wildman–Crippen LogP) is 0.572. The second kappa shape index (κ2) is 8.13. The Bertz CT molecular complexity index is 411. The van der Waals surface area contributed by atoms with Crippen molar-refractivity contribution in [2.45, 2.75) is 27.7 Å². The maximum atomic E-state index is 12.1. The van der Waals surface area contributed by atoms with Gasteiger partial charge in [-0.2, -0.15) is 0 Å². The van der Waals surface area contributed by atoms with E-state index in [1.807, 2.05) is 37.4 Å². The Balaban J connectivity index is 0.00000324. The van der Waals surface area contributed by atoms with Crippen molar-refractivity contribution in [3.05, 3.63) is 47.7 Å². The van der Waals surface area contributed by atoms with Crippen molar-refractivity contribution in [2.75, 3.05) is 19.6 Å². The van der Waals surface area contributed by atoms with E-state index in [0.717, 1.165) is 29.7 Å². The summed E-state index contributed by atoms with van der Waals surface area (Å²) in [6.07, 6.45) is 3.77. The number of allylic oxidation sites excluding steroid dienone is 1. The zero-order valence-corrected chi connectivity index (χ0v) is 13.1. The molecule has 3 heteroatoms. The van der Waals surface area contributed by atoms with Gasteiger partial charge in [-0.3, -0.25) is 9.28 Å². The molecule has 19 heavy (non-hydrogen) atoms. The number of hydrogen-bond acceptors (Lipinski definition) is 1. The average Bonchev–Trinajstić information content (AvgIpc) is 2.41. The fourth-order valence-corrected chi connectivity index (χ4v) is 2.03. The first-order valence-corrected chi connectivity index (χ1v) is 6.73. The highest BCUT2D eigenvalue weighted by Crippen LogP contribution is 2.09. The molecule has 0 radical (unpaired) electrons. The van der Waals surface area contributed by atoms with Crippen LogP contribution in [0.3, 0.4) is 0 Å². The van der Waals surface area contributed by atoms with Gasteiger partial charge in [-0.1, -0.05) is 29.8 Å². The van der Waals surface area contributed by atoms with Crippen LogP contribution in [0.2, 0.25) is 0 Å². The zero-order valence-electron chi connectivity index (χ0n) is 12.3. The van der Waals surface area contributed by atoms with Gasteiger partial charge in [-0.25, -0.2) is 0 Å². The number of carbonyl (C=O) groups excluding carboxylic acids is 1. The smallest absolute Gasteiger partial charge is 0.191 e. The van der Waals surface area contributed by atoms with Crippen molar-refractivity contribution in [2.24, 2.45) is 0 Å². The van der Waals surface area contributed by atoms with E-state index in [0.29, 0.717) is 0 Å². The highest BCUT2D eigenvalue weighted by molar-refractivity contribution is 6.04. The number of nitrogens with zero attached hydrogens (tertiary/aromatic N) is 1. The third-order valence-electron chi connectivity index (χ3n) is 3.77. The van der Waals surface area contributed by atoms with Gasteiger partial charge in [-0.15, -0.1) is 0 Å². The predicted molar refractivity (Wildman–Crippen MR) is 76.5 cm³/mol. The fourth-order valence-electron chi connectivity index (χ4n) is 2.03. The molecule has 0 fully saturated rings. The van der Waals surface area contributed by atoms with Gasteiger partial charge in [0.05, 0.1) is 25.8 Å². The third kappa shape index (κ3) is 4.81. The normalized spacial score (nSPS) is 11.4. The maximum Gasteiger partial charge on any atom is 0.191 e. The van der Waals surface area contributed by atoms with Gasteiger partial charge >= 0.3 is 0 Å². The Morgan fingerprint density at radius 2 is 1.53 bits per heavy atom. The standard InChI is InChI=1S/C16H24NO.ClH/c1-5-17(6-2,7-3)13-12-16(18)15-10-8-14(4)9-11-15;/h8-13H,5-7H2,1-4H3;1H/q+1;/p-1. The molecule has 1 rings (SSSR count). The number of aryl methyl sites for hydroxylation is 1. The van der Waals surface area contributed by atoms with Crippen LogP contribution in [0.1, 0.15) is 36.7 Å². The van der Waals surface area contributed by atoms with Crippen molar-refractivity contribution in [1.29, 1.82) is 0 Å². The van der Waals surface area contributed by atoms with E-state index in [4.69, 9.17) is 0 Å². The van der Waals surface area contributed by atoms with Crippen LogP contribution in [-0.2, 0) is 0 Å². The highest BCUT2D eigenvalue weighted by atomic mass is 35.5. The molecule has 0 unspecified atom stereocenters. The number of carbonyl (C=O) groups is 1. The molecule has 0 saturated carbocycles. The molecule has 0 spiro atoms. The van der Waals surface area contributed by atoms with Gasteiger partial charge in [0.2, 0.25) is 0 Å². The van der Waals surface area contributed by atoms with Crippen LogP contribution in [0.5, 0.6) is 0 Å². The van der Waals surface area contributed by atoms with Crippen LogP contribution >= 0.6 is 0 Å². The summed E-state index contributed by atoms with van der Waals surface area (Å²) < 4.78 is 0.859. The first-order chi connectivity index (χ1) is 8.56. The van der Waals surface area contributed by atoms with Crippen molar-refractivity contribution in [3.8, 4) is 0 Å². The lowest BCUT2D eigenvalue weighted by Crippen LogP contribution is -3.00. The topological polar surface area (TPSA) is 17.1 Å². The first-order valence-electron chi connectivity index (χ1n) is 6.73. The van der Waals surface area contributed by atoms with E-state index in [9.17, 15) is 4.79 Å². The van der Waals surface area contributed by atoms with Crippen LogP contribution in [0.15, 0.2) is 36.5 Å². The minimum absolute atomic E-state index is 0. The number of benzene rings is 1. The lowest BCUT2D eigenvalue weighted by atomic mass is 10.1. The lowest BCUT2D eigenvalue weighted by molar-refractivity contribution is -0.874. The molecule has 1 aromatic rings. The zero-order chi connectivity index (χ0) is 13.6. The van der Waals surface area contributed by atoms with Gasteiger partial charge in [-0.05, 0) is 27.7 Å². The van der Waals surface area contributed by atoms with Gasteiger partial charge < -0.3 is 12.4 Å². The van der Waals surface area contributed by atoms with Crippen LogP contribution in [-0.4, -0.2) is 29.9 Å². The molecular weight excluding hydrogens is 258 g/mol. The van der Waals surface area contributed by atoms with E-state index >= 15 is 0 Å². The Morgan fingerprint density at radius 1 is 1.05 bits per heavy atom. The molecule has 1 aromatic carbocycles. The molecule has 0 aliphatic rings. The maximum absolute atomic E-state index is 12.1. The van der Waals surface area contributed by atoms with E-state index in [1.54, 1.807) is 6.08 Å². The molecule has 0 aromatic heterocycles. The Labute approximate surface area is 123 Å². The summed E-state index contributed by atoms with van der Waals surface area (Å²) in [7, 11) is 0. The van der Waals surface area contributed by atoms with Crippen molar-refractivity contribution in [1.82, 2.24) is 0 Å². The number of halogens is 1. The summed E-state index contributed by atoms with van der Waals surface area (Å²) in [5, 5.41) is 0. The molecule has 2 nitrogen and oxygen atoms in total. The second-order valence-electron chi connectivity index (χ2n) is 4.71. The summed E-state index contributed by atoms with van der Waals surface area (Å²) in [6, 6.07) is 7.73. The second-order valence-corrected chi connectivity index (χ2v) is 4.71. The number of hydrogen-bond donors (Lipinski definition) is 0. The molecule has 0 aliphatic carbocycles. The summed E-state index contributed by atoms with van der Waals surface area (Å²) in [6.45, 7) is 11.6. The molecule has 106 valence electrons. The minimum Gasteiger partial charge on any atom is -1.00 e. The van der Waals surface area contributed by atoms with Crippen LogP contribution in [0.4, 0.5) is 0 Å². The Hall–Kier alpha value is -1.12. The monoisotopic (exact) mass is 281 g/mol. The van der Waals surface area contributed by atoms with Crippen LogP contribution < -0.4 is 12.4 Å². The number of quaternary nitrogens is 1.